The van der Waals surface area contributed by atoms with Crippen molar-refractivity contribution in [1.82, 2.24) is 4.90 Å². The zero-order valence-electron chi connectivity index (χ0n) is 16.4. The van der Waals surface area contributed by atoms with Crippen molar-refractivity contribution in [3.8, 4) is 11.5 Å². The number of hydrogen-bond donors (Lipinski definition) is 1. The van der Waals surface area contributed by atoms with Gasteiger partial charge >= 0.3 is 0 Å². The minimum absolute atomic E-state index is 0.0316. The standard InChI is InChI=1S/C21H29ClN2O3/c1-24(21-9-13-4-14(10-21)6-15(5-13)11-21)12-20(25)23-17-8-18(26-2)16(22)7-19(17)27-3/h7-8,13-15H,4-6,9-12H2,1-3H3,(H,23,25). The summed E-state index contributed by atoms with van der Waals surface area (Å²) in [5.41, 5.74) is 0.802. The molecule has 0 atom stereocenters. The van der Waals surface area contributed by atoms with Crippen molar-refractivity contribution in [1.29, 1.82) is 0 Å². The van der Waals surface area contributed by atoms with E-state index < -0.39 is 0 Å². The van der Waals surface area contributed by atoms with E-state index in [1.807, 2.05) is 0 Å². The third kappa shape index (κ3) is 3.52. The molecule has 1 aromatic rings. The van der Waals surface area contributed by atoms with Crippen LogP contribution in [0.15, 0.2) is 12.1 Å². The van der Waals surface area contributed by atoms with Crippen LogP contribution in [0.2, 0.25) is 5.02 Å². The van der Waals surface area contributed by atoms with Gasteiger partial charge in [0.05, 0.1) is 31.5 Å². The summed E-state index contributed by atoms with van der Waals surface area (Å²) < 4.78 is 10.6. The molecule has 148 valence electrons. The molecule has 0 heterocycles. The van der Waals surface area contributed by atoms with Gasteiger partial charge < -0.3 is 14.8 Å². The van der Waals surface area contributed by atoms with Crippen molar-refractivity contribution in [3.63, 3.8) is 0 Å². The van der Waals surface area contributed by atoms with Crippen molar-refractivity contribution in [2.45, 2.75) is 44.1 Å². The van der Waals surface area contributed by atoms with Gasteiger partial charge in [-0.15, -0.1) is 0 Å². The van der Waals surface area contributed by atoms with E-state index >= 15 is 0 Å². The normalized spacial score (nSPS) is 31.2. The summed E-state index contributed by atoms with van der Waals surface area (Å²) in [6.45, 7) is 0.389. The molecule has 0 aliphatic heterocycles. The van der Waals surface area contributed by atoms with Crippen LogP contribution in [0.5, 0.6) is 11.5 Å². The van der Waals surface area contributed by atoms with Crippen molar-refractivity contribution >= 4 is 23.2 Å². The molecule has 4 bridgehead atoms. The minimum Gasteiger partial charge on any atom is -0.495 e. The van der Waals surface area contributed by atoms with Gasteiger partial charge in [0.2, 0.25) is 5.91 Å². The molecule has 0 spiro atoms. The molecule has 1 aromatic carbocycles. The Morgan fingerprint density at radius 1 is 1.11 bits per heavy atom. The number of methoxy groups -OCH3 is 2. The molecule has 4 saturated carbocycles. The Kier molecular flexibility index (Phi) is 5.02. The van der Waals surface area contributed by atoms with Gasteiger partial charge in [-0.2, -0.15) is 0 Å². The molecular formula is C21H29ClN2O3. The number of likely N-dealkylation sites (N-methyl/N-ethyl adjacent to an activating group) is 1. The number of nitrogens with one attached hydrogen (secondary N) is 1. The smallest absolute Gasteiger partial charge is 0.238 e. The fourth-order valence-electron chi connectivity index (χ4n) is 6.06. The molecule has 4 aliphatic rings. The first-order valence-electron chi connectivity index (χ1n) is 9.85. The first kappa shape index (κ1) is 18.9. The number of hydrogen-bond acceptors (Lipinski definition) is 4. The summed E-state index contributed by atoms with van der Waals surface area (Å²) in [6.07, 6.45) is 7.96. The van der Waals surface area contributed by atoms with E-state index in [1.54, 1.807) is 26.4 Å². The minimum atomic E-state index is -0.0316. The molecule has 0 radical (unpaired) electrons. The van der Waals surface area contributed by atoms with Gasteiger partial charge in [-0.25, -0.2) is 0 Å². The molecule has 1 amide bonds. The Balaban J connectivity index is 1.45. The highest BCUT2D eigenvalue weighted by molar-refractivity contribution is 6.32. The van der Waals surface area contributed by atoms with E-state index in [1.165, 1.54) is 38.5 Å². The van der Waals surface area contributed by atoms with Crippen LogP contribution in [0.25, 0.3) is 0 Å². The monoisotopic (exact) mass is 392 g/mol. The third-order valence-corrected chi connectivity index (χ3v) is 7.24. The topological polar surface area (TPSA) is 50.8 Å². The number of halogens is 1. The molecule has 4 fully saturated rings. The SMILES string of the molecule is COc1cc(NC(=O)CN(C)C23CC4CC(CC(C4)C2)C3)c(OC)cc1Cl. The van der Waals surface area contributed by atoms with Crippen molar-refractivity contribution < 1.29 is 14.3 Å². The van der Waals surface area contributed by atoms with Crippen LogP contribution < -0.4 is 14.8 Å². The highest BCUT2D eigenvalue weighted by Gasteiger charge is 2.52. The van der Waals surface area contributed by atoms with Crippen LogP contribution in [0.1, 0.15) is 38.5 Å². The Labute approximate surface area is 166 Å². The van der Waals surface area contributed by atoms with Gasteiger partial charge in [0.1, 0.15) is 11.5 Å². The molecule has 0 saturated heterocycles. The van der Waals surface area contributed by atoms with Crippen molar-refractivity contribution in [2.24, 2.45) is 17.8 Å². The summed E-state index contributed by atoms with van der Waals surface area (Å²) in [7, 11) is 5.24. The fourth-order valence-corrected chi connectivity index (χ4v) is 6.29. The molecule has 1 N–H and O–H groups in total. The Bertz CT molecular complexity index is 701. The van der Waals surface area contributed by atoms with Crippen molar-refractivity contribution in [2.75, 3.05) is 33.1 Å². The van der Waals surface area contributed by atoms with Gasteiger partial charge in [-0.1, -0.05) is 11.6 Å². The van der Waals surface area contributed by atoms with Crippen LogP contribution in [-0.4, -0.2) is 44.2 Å². The maximum atomic E-state index is 12.8. The first-order chi connectivity index (χ1) is 12.9. The molecule has 0 unspecified atom stereocenters. The Morgan fingerprint density at radius 2 is 1.67 bits per heavy atom. The number of carbonyl (C=O) groups excluding carboxylic acids is 1. The second-order valence-corrected chi connectivity index (χ2v) is 9.14. The summed E-state index contributed by atoms with van der Waals surface area (Å²) in [4.78, 5) is 15.1. The first-order valence-corrected chi connectivity index (χ1v) is 10.2. The highest BCUT2D eigenvalue weighted by atomic mass is 35.5. The lowest BCUT2D eigenvalue weighted by Gasteiger charge is -2.59. The lowest BCUT2D eigenvalue weighted by Crippen LogP contribution is -2.59. The molecular weight excluding hydrogens is 364 g/mol. The van der Waals surface area contributed by atoms with Gasteiger partial charge in [0.25, 0.3) is 0 Å². The largest absolute Gasteiger partial charge is 0.495 e. The Hall–Kier alpha value is -1.46. The van der Waals surface area contributed by atoms with E-state index in [4.69, 9.17) is 21.1 Å². The van der Waals surface area contributed by atoms with Gasteiger partial charge in [-0.3, -0.25) is 9.69 Å². The number of amides is 1. The number of benzene rings is 1. The van der Waals surface area contributed by atoms with E-state index in [0.717, 1.165) is 17.8 Å². The fraction of sp³-hybridized carbons (Fsp3) is 0.667. The molecule has 5 rings (SSSR count). The van der Waals surface area contributed by atoms with Crippen LogP contribution in [0, 0.1) is 17.8 Å². The zero-order valence-corrected chi connectivity index (χ0v) is 17.1. The number of nitrogens with zero attached hydrogens (tertiary/aromatic N) is 1. The maximum Gasteiger partial charge on any atom is 0.238 e. The van der Waals surface area contributed by atoms with Crippen molar-refractivity contribution in [3.05, 3.63) is 17.2 Å². The molecule has 27 heavy (non-hydrogen) atoms. The molecule has 6 heteroatoms. The molecule has 5 nitrogen and oxygen atoms in total. The number of rotatable bonds is 6. The van der Waals surface area contributed by atoms with Crippen LogP contribution in [-0.2, 0) is 4.79 Å². The van der Waals surface area contributed by atoms with Gasteiger partial charge in [0.15, 0.2) is 0 Å². The number of ether oxygens (including phenoxy) is 2. The number of carbonyl (C=O) groups is 1. The van der Waals surface area contributed by atoms with Gasteiger partial charge in [0, 0.05) is 17.7 Å². The molecule has 0 aromatic heterocycles. The predicted molar refractivity (Wildman–Crippen MR) is 107 cm³/mol. The van der Waals surface area contributed by atoms with Crippen LogP contribution in [0.4, 0.5) is 5.69 Å². The zero-order chi connectivity index (χ0) is 19.2. The van der Waals surface area contributed by atoms with E-state index in [0.29, 0.717) is 28.8 Å². The van der Waals surface area contributed by atoms with Gasteiger partial charge in [-0.05, 0) is 63.3 Å². The summed E-state index contributed by atoms with van der Waals surface area (Å²) in [5.74, 6) is 3.61. The van der Waals surface area contributed by atoms with E-state index in [9.17, 15) is 4.79 Å². The summed E-state index contributed by atoms with van der Waals surface area (Å²) in [5, 5.41) is 3.44. The predicted octanol–water partition coefficient (Wildman–Crippen LogP) is 4.20. The third-order valence-electron chi connectivity index (χ3n) is 6.94. The van der Waals surface area contributed by atoms with E-state index in [2.05, 4.69) is 17.3 Å². The highest BCUT2D eigenvalue weighted by Crippen LogP contribution is 2.57. The summed E-state index contributed by atoms with van der Waals surface area (Å²) >= 11 is 6.15. The molecule has 4 aliphatic carbocycles. The quantitative estimate of drug-likeness (QED) is 0.788. The average molecular weight is 393 g/mol. The second kappa shape index (κ2) is 7.17. The van der Waals surface area contributed by atoms with Crippen LogP contribution >= 0.6 is 11.6 Å². The summed E-state index contributed by atoms with van der Waals surface area (Å²) in [6, 6.07) is 3.38. The Morgan fingerprint density at radius 3 is 2.19 bits per heavy atom. The maximum absolute atomic E-state index is 12.8. The van der Waals surface area contributed by atoms with E-state index in [-0.39, 0.29) is 11.4 Å². The lowest BCUT2D eigenvalue weighted by atomic mass is 9.52. The average Bonchev–Trinajstić information content (AvgIpc) is 2.61. The second-order valence-electron chi connectivity index (χ2n) is 8.73. The number of anilines is 1. The lowest BCUT2D eigenvalue weighted by molar-refractivity contribution is -0.123. The van der Waals surface area contributed by atoms with Crippen LogP contribution in [0.3, 0.4) is 0 Å².